The van der Waals surface area contributed by atoms with Crippen LogP contribution >= 0.6 is 0 Å². The Kier molecular flexibility index (Phi) is 3.38. The molecule has 2 atom stereocenters. The van der Waals surface area contributed by atoms with Gasteiger partial charge in [0.05, 0.1) is 5.69 Å². The monoisotopic (exact) mass is 270 g/mol. The fourth-order valence-corrected chi connectivity index (χ4v) is 2.61. The van der Waals surface area contributed by atoms with Crippen molar-refractivity contribution in [2.24, 2.45) is 0 Å². The van der Waals surface area contributed by atoms with E-state index in [4.69, 9.17) is 4.42 Å². The summed E-state index contributed by atoms with van der Waals surface area (Å²) in [5.41, 5.74) is 2.56. The van der Waals surface area contributed by atoms with Gasteiger partial charge in [-0.3, -0.25) is 0 Å². The molecule has 0 amide bonds. The molecule has 0 bridgehead atoms. The molecule has 1 heterocycles. The minimum atomic E-state index is 0.0958. The molecule has 0 radical (unpaired) electrons. The predicted octanol–water partition coefficient (Wildman–Crippen LogP) is 3.83. The van der Waals surface area contributed by atoms with Gasteiger partial charge >= 0.3 is 0 Å². The van der Waals surface area contributed by atoms with Gasteiger partial charge in [-0.25, -0.2) is 4.98 Å². The Hall–Kier alpha value is -1.61. The second-order valence-corrected chi connectivity index (χ2v) is 6.63. The highest BCUT2D eigenvalue weighted by molar-refractivity contribution is 5.33. The molecule has 0 saturated heterocycles. The number of hydrogen-bond acceptors (Lipinski definition) is 3. The second kappa shape index (κ2) is 5.06. The van der Waals surface area contributed by atoms with Gasteiger partial charge in [-0.15, -0.1) is 0 Å². The zero-order chi connectivity index (χ0) is 14.2. The Morgan fingerprint density at radius 3 is 2.65 bits per heavy atom. The van der Waals surface area contributed by atoms with Crippen LogP contribution in [-0.2, 0) is 6.54 Å². The van der Waals surface area contributed by atoms with Crippen LogP contribution in [0.25, 0.3) is 0 Å². The summed E-state index contributed by atoms with van der Waals surface area (Å²) in [5, 5.41) is 3.48. The fraction of sp³-hybridized carbons (Fsp3) is 0.471. The molecule has 1 aliphatic carbocycles. The number of rotatable bonds is 4. The third-order valence-corrected chi connectivity index (χ3v) is 3.81. The SMILES string of the molecule is CC(C)(C)NCc1ncoc1C1CC1c1ccccc1. The molecule has 1 aromatic heterocycles. The number of benzene rings is 1. The zero-order valence-electron chi connectivity index (χ0n) is 12.4. The van der Waals surface area contributed by atoms with Crippen molar-refractivity contribution < 1.29 is 4.42 Å². The van der Waals surface area contributed by atoms with Gasteiger partial charge in [0.1, 0.15) is 5.76 Å². The normalized spacial score (nSPS) is 21.9. The molecule has 1 N–H and O–H groups in total. The summed E-state index contributed by atoms with van der Waals surface area (Å²) >= 11 is 0. The summed E-state index contributed by atoms with van der Waals surface area (Å²) < 4.78 is 5.65. The Morgan fingerprint density at radius 2 is 1.95 bits per heavy atom. The van der Waals surface area contributed by atoms with E-state index in [9.17, 15) is 0 Å². The quantitative estimate of drug-likeness (QED) is 0.917. The maximum atomic E-state index is 5.65. The van der Waals surface area contributed by atoms with Crippen LogP contribution in [0.4, 0.5) is 0 Å². The largest absolute Gasteiger partial charge is 0.448 e. The van der Waals surface area contributed by atoms with E-state index in [-0.39, 0.29) is 5.54 Å². The van der Waals surface area contributed by atoms with Crippen LogP contribution in [0.1, 0.15) is 56.0 Å². The van der Waals surface area contributed by atoms with E-state index in [1.54, 1.807) is 6.39 Å². The molecule has 1 aromatic carbocycles. The van der Waals surface area contributed by atoms with Crippen molar-refractivity contribution in [3.8, 4) is 0 Å². The first-order valence-electron chi connectivity index (χ1n) is 7.27. The molecule has 0 aliphatic heterocycles. The molecule has 1 fully saturated rings. The lowest BCUT2D eigenvalue weighted by atomic mass is 10.1. The first-order valence-corrected chi connectivity index (χ1v) is 7.27. The molecule has 1 aliphatic rings. The highest BCUT2D eigenvalue weighted by atomic mass is 16.3. The van der Waals surface area contributed by atoms with Crippen LogP contribution < -0.4 is 5.32 Å². The van der Waals surface area contributed by atoms with E-state index in [1.165, 1.54) is 12.0 Å². The molecule has 3 nitrogen and oxygen atoms in total. The smallest absolute Gasteiger partial charge is 0.181 e. The van der Waals surface area contributed by atoms with Crippen molar-refractivity contribution in [2.75, 3.05) is 0 Å². The highest BCUT2D eigenvalue weighted by Crippen LogP contribution is 2.55. The molecular weight excluding hydrogens is 248 g/mol. The van der Waals surface area contributed by atoms with Gasteiger partial charge in [0, 0.05) is 18.0 Å². The molecular formula is C17H22N2O. The molecule has 3 heteroatoms. The number of hydrogen-bond donors (Lipinski definition) is 1. The summed E-state index contributed by atoms with van der Waals surface area (Å²) in [5.74, 6) is 2.16. The van der Waals surface area contributed by atoms with Crippen LogP contribution in [0.15, 0.2) is 41.1 Å². The third-order valence-electron chi connectivity index (χ3n) is 3.81. The Bertz CT molecular complexity index is 568. The molecule has 2 unspecified atom stereocenters. The molecule has 20 heavy (non-hydrogen) atoms. The minimum Gasteiger partial charge on any atom is -0.448 e. The van der Waals surface area contributed by atoms with Crippen LogP contribution in [-0.4, -0.2) is 10.5 Å². The molecule has 3 rings (SSSR count). The minimum absolute atomic E-state index is 0.0958. The molecule has 2 aromatic rings. The van der Waals surface area contributed by atoms with E-state index < -0.39 is 0 Å². The van der Waals surface area contributed by atoms with E-state index in [1.807, 2.05) is 0 Å². The van der Waals surface area contributed by atoms with Gasteiger partial charge in [-0.1, -0.05) is 30.3 Å². The van der Waals surface area contributed by atoms with Crippen molar-refractivity contribution in [3.63, 3.8) is 0 Å². The van der Waals surface area contributed by atoms with E-state index in [2.05, 4.69) is 61.4 Å². The second-order valence-electron chi connectivity index (χ2n) is 6.63. The summed E-state index contributed by atoms with van der Waals surface area (Å²) in [7, 11) is 0. The first-order chi connectivity index (χ1) is 9.54. The van der Waals surface area contributed by atoms with Crippen molar-refractivity contribution in [3.05, 3.63) is 53.7 Å². The van der Waals surface area contributed by atoms with E-state index >= 15 is 0 Å². The highest BCUT2D eigenvalue weighted by Gasteiger charge is 2.43. The summed E-state index contributed by atoms with van der Waals surface area (Å²) in [4.78, 5) is 4.38. The van der Waals surface area contributed by atoms with Crippen LogP contribution in [0.3, 0.4) is 0 Å². The Balaban J connectivity index is 1.69. The van der Waals surface area contributed by atoms with Gasteiger partial charge in [0.25, 0.3) is 0 Å². The van der Waals surface area contributed by atoms with Crippen LogP contribution in [0.2, 0.25) is 0 Å². The van der Waals surface area contributed by atoms with Crippen molar-refractivity contribution in [1.29, 1.82) is 0 Å². The molecule has 106 valence electrons. The van der Waals surface area contributed by atoms with Gasteiger partial charge < -0.3 is 9.73 Å². The van der Waals surface area contributed by atoms with E-state index in [0.29, 0.717) is 11.8 Å². The van der Waals surface area contributed by atoms with Crippen molar-refractivity contribution >= 4 is 0 Å². The maximum Gasteiger partial charge on any atom is 0.181 e. The van der Waals surface area contributed by atoms with Crippen molar-refractivity contribution in [2.45, 2.75) is 51.1 Å². The number of nitrogens with zero attached hydrogens (tertiary/aromatic N) is 1. The average molecular weight is 270 g/mol. The number of nitrogens with one attached hydrogen (secondary N) is 1. The van der Waals surface area contributed by atoms with Crippen LogP contribution in [0, 0.1) is 0 Å². The number of oxazole rings is 1. The topological polar surface area (TPSA) is 38.1 Å². The van der Waals surface area contributed by atoms with Gasteiger partial charge in [0.15, 0.2) is 6.39 Å². The average Bonchev–Trinajstić information content (AvgIpc) is 3.07. The van der Waals surface area contributed by atoms with Crippen molar-refractivity contribution in [1.82, 2.24) is 10.3 Å². The lowest BCUT2D eigenvalue weighted by molar-refractivity contribution is 0.417. The Labute approximate surface area is 120 Å². The standard InChI is InChI=1S/C17H22N2O/c1-17(2,3)19-10-15-16(20-11-18-15)14-9-13(14)12-7-5-4-6-8-12/h4-8,11,13-14,19H,9-10H2,1-3H3. The van der Waals surface area contributed by atoms with Crippen LogP contribution in [0.5, 0.6) is 0 Å². The fourth-order valence-electron chi connectivity index (χ4n) is 2.61. The maximum absolute atomic E-state index is 5.65. The van der Waals surface area contributed by atoms with Gasteiger partial charge in [-0.2, -0.15) is 0 Å². The summed E-state index contributed by atoms with van der Waals surface area (Å²) in [6.45, 7) is 7.26. The lowest BCUT2D eigenvalue weighted by Gasteiger charge is -2.19. The van der Waals surface area contributed by atoms with Gasteiger partial charge in [0.2, 0.25) is 0 Å². The number of aromatic nitrogens is 1. The predicted molar refractivity (Wildman–Crippen MR) is 79.6 cm³/mol. The molecule has 0 spiro atoms. The summed E-state index contributed by atoms with van der Waals surface area (Å²) in [6, 6.07) is 10.7. The lowest BCUT2D eigenvalue weighted by Crippen LogP contribution is -2.35. The molecule has 1 saturated carbocycles. The third kappa shape index (κ3) is 2.93. The first kappa shape index (κ1) is 13.4. The zero-order valence-corrected chi connectivity index (χ0v) is 12.4. The van der Waals surface area contributed by atoms with E-state index in [0.717, 1.165) is 18.0 Å². The summed E-state index contributed by atoms with van der Waals surface area (Å²) in [6.07, 6.45) is 2.75. The Morgan fingerprint density at radius 1 is 1.20 bits per heavy atom. The van der Waals surface area contributed by atoms with Gasteiger partial charge in [-0.05, 0) is 38.7 Å².